The molecule has 0 aliphatic heterocycles. The summed E-state index contributed by atoms with van der Waals surface area (Å²) in [5, 5.41) is 22.2. The Balaban J connectivity index is 1.91. The molecule has 33 heavy (non-hydrogen) atoms. The fourth-order valence-corrected chi connectivity index (χ4v) is 3.58. The van der Waals surface area contributed by atoms with Crippen molar-refractivity contribution in [3.63, 3.8) is 0 Å². The van der Waals surface area contributed by atoms with E-state index in [-0.39, 0.29) is 33.0 Å². The van der Waals surface area contributed by atoms with Gasteiger partial charge in [-0.25, -0.2) is 9.59 Å². The van der Waals surface area contributed by atoms with E-state index in [1.165, 1.54) is 50.9 Å². The number of ether oxygens (including phenoxy) is 2. The molecule has 1 aromatic heterocycles. The predicted octanol–water partition coefficient (Wildman–Crippen LogP) is 2.70. The number of esters is 2. The summed E-state index contributed by atoms with van der Waals surface area (Å²) in [7, 11) is 4.04. The van der Waals surface area contributed by atoms with Crippen LogP contribution < -0.4 is 5.32 Å². The van der Waals surface area contributed by atoms with E-state index in [1.807, 2.05) is 0 Å². The molecule has 0 atom stereocenters. The van der Waals surface area contributed by atoms with Crippen molar-refractivity contribution in [3.8, 4) is 0 Å². The number of carbonyl (C=O) groups excluding carboxylic acids is 3. The number of amides is 1. The van der Waals surface area contributed by atoms with E-state index in [0.29, 0.717) is 5.16 Å². The zero-order chi connectivity index (χ0) is 24.1. The molecule has 0 unspecified atom stereocenters. The summed E-state index contributed by atoms with van der Waals surface area (Å²) in [4.78, 5) is 47.9. The second kappa shape index (κ2) is 9.91. The number of nitro benzene ring substituents is 1. The van der Waals surface area contributed by atoms with Crippen LogP contribution in [0.2, 0.25) is 0 Å². The Bertz CT molecular complexity index is 1220. The first-order valence-corrected chi connectivity index (χ1v) is 9.98. The number of aromatic nitrogens is 3. The maximum Gasteiger partial charge on any atom is 0.337 e. The molecule has 1 N–H and O–H groups in total. The van der Waals surface area contributed by atoms with Gasteiger partial charge in [-0.1, -0.05) is 0 Å². The summed E-state index contributed by atoms with van der Waals surface area (Å²) in [6, 6.07) is 7.84. The second-order valence-corrected chi connectivity index (χ2v) is 7.51. The first-order chi connectivity index (χ1) is 15.7. The third-order valence-corrected chi connectivity index (χ3v) is 5.44. The van der Waals surface area contributed by atoms with E-state index >= 15 is 0 Å². The van der Waals surface area contributed by atoms with Crippen molar-refractivity contribution in [2.45, 2.75) is 10.1 Å². The first-order valence-electron chi connectivity index (χ1n) is 9.17. The largest absolute Gasteiger partial charge is 0.465 e. The molecule has 2 aromatic carbocycles. The highest BCUT2D eigenvalue weighted by Crippen LogP contribution is 2.34. The van der Waals surface area contributed by atoms with Crippen molar-refractivity contribution in [2.75, 3.05) is 19.5 Å². The van der Waals surface area contributed by atoms with Gasteiger partial charge >= 0.3 is 11.9 Å². The molecule has 0 saturated carbocycles. The highest BCUT2D eigenvalue weighted by atomic mass is 32.2. The molecule has 1 amide bonds. The minimum Gasteiger partial charge on any atom is -0.465 e. The normalized spacial score (nSPS) is 10.4. The monoisotopic (exact) mass is 471 g/mol. The van der Waals surface area contributed by atoms with Crippen LogP contribution in [0, 0.1) is 10.1 Å². The maximum absolute atomic E-state index is 12.8. The van der Waals surface area contributed by atoms with Crippen molar-refractivity contribution < 1.29 is 28.8 Å². The minimum absolute atomic E-state index is 0.00731. The molecule has 0 radical (unpaired) electrons. The van der Waals surface area contributed by atoms with Crippen LogP contribution in [0.1, 0.15) is 31.1 Å². The van der Waals surface area contributed by atoms with Gasteiger partial charge in [0, 0.05) is 24.4 Å². The molecule has 0 aliphatic carbocycles. The van der Waals surface area contributed by atoms with E-state index < -0.39 is 22.8 Å². The van der Waals surface area contributed by atoms with Crippen molar-refractivity contribution >= 4 is 41.0 Å². The number of hydrogen-bond donors (Lipinski definition) is 1. The summed E-state index contributed by atoms with van der Waals surface area (Å²) in [5.41, 5.74) is -0.181. The van der Waals surface area contributed by atoms with Gasteiger partial charge in [0.05, 0.1) is 35.2 Å². The van der Waals surface area contributed by atoms with Gasteiger partial charge in [-0.3, -0.25) is 14.9 Å². The lowest BCUT2D eigenvalue weighted by atomic mass is 10.1. The van der Waals surface area contributed by atoms with Crippen LogP contribution in [0.3, 0.4) is 0 Å². The van der Waals surface area contributed by atoms with Crippen LogP contribution in [-0.4, -0.2) is 51.8 Å². The standard InChI is InChI=1S/C20H17N5O7S/c1-24-10-21-23-20(24)33-16-5-4-11(9-15(16)25(29)30)17(26)22-14-7-12(18(27)31-2)6-13(8-14)19(28)32-3/h4-10H,1-3H3,(H,22,26). The molecule has 3 aromatic rings. The lowest BCUT2D eigenvalue weighted by Gasteiger charge is -2.10. The Hall–Kier alpha value is -4.26. The van der Waals surface area contributed by atoms with E-state index in [2.05, 4.69) is 25.0 Å². The van der Waals surface area contributed by atoms with Crippen molar-refractivity contribution in [1.82, 2.24) is 14.8 Å². The van der Waals surface area contributed by atoms with Crippen molar-refractivity contribution in [3.05, 3.63) is 69.5 Å². The number of anilines is 1. The Labute approximate surface area is 191 Å². The number of benzene rings is 2. The molecule has 0 fully saturated rings. The number of methoxy groups -OCH3 is 2. The van der Waals surface area contributed by atoms with Gasteiger partial charge in [-0.2, -0.15) is 0 Å². The smallest absolute Gasteiger partial charge is 0.337 e. The van der Waals surface area contributed by atoms with Crippen LogP contribution in [-0.2, 0) is 16.5 Å². The third-order valence-electron chi connectivity index (χ3n) is 4.32. The molecule has 0 saturated heterocycles. The van der Waals surface area contributed by atoms with Crippen LogP contribution in [0.25, 0.3) is 0 Å². The van der Waals surface area contributed by atoms with E-state index in [1.54, 1.807) is 11.6 Å². The summed E-state index contributed by atoms with van der Waals surface area (Å²) in [6.07, 6.45) is 1.46. The van der Waals surface area contributed by atoms with Crippen LogP contribution >= 0.6 is 11.8 Å². The average Bonchev–Trinajstić information content (AvgIpc) is 3.21. The minimum atomic E-state index is -0.725. The first kappa shape index (κ1) is 23.4. The second-order valence-electron chi connectivity index (χ2n) is 6.50. The number of nitrogens with one attached hydrogen (secondary N) is 1. The van der Waals surface area contributed by atoms with Gasteiger partial charge in [0.2, 0.25) is 0 Å². The number of hydrogen-bond acceptors (Lipinski definition) is 10. The van der Waals surface area contributed by atoms with E-state index in [9.17, 15) is 24.5 Å². The topological polar surface area (TPSA) is 156 Å². The molecule has 170 valence electrons. The predicted molar refractivity (Wildman–Crippen MR) is 115 cm³/mol. The third kappa shape index (κ3) is 5.33. The summed E-state index contributed by atoms with van der Waals surface area (Å²) in [6.45, 7) is 0. The summed E-state index contributed by atoms with van der Waals surface area (Å²) in [5.74, 6) is -2.14. The Morgan fingerprint density at radius 2 is 1.67 bits per heavy atom. The quantitative estimate of drug-likeness (QED) is 0.309. The SMILES string of the molecule is COC(=O)c1cc(NC(=O)c2ccc(Sc3nncn3C)c([N+](=O)[O-])c2)cc(C(=O)OC)c1. The molecule has 0 bridgehead atoms. The molecule has 12 nitrogen and oxygen atoms in total. The van der Waals surface area contributed by atoms with Crippen LogP contribution in [0.4, 0.5) is 11.4 Å². The van der Waals surface area contributed by atoms with Gasteiger partial charge in [0.1, 0.15) is 6.33 Å². The van der Waals surface area contributed by atoms with Crippen LogP contribution in [0.5, 0.6) is 0 Å². The van der Waals surface area contributed by atoms with Gasteiger partial charge in [0.15, 0.2) is 5.16 Å². The maximum atomic E-state index is 12.8. The lowest BCUT2D eigenvalue weighted by Crippen LogP contribution is -2.14. The zero-order valence-electron chi connectivity index (χ0n) is 17.6. The molecular weight excluding hydrogens is 454 g/mol. The fourth-order valence-electron chi connectivity index (χ4n) is 2.73. The van der Waals surface area contributed by atoms with E-state index in [0.717, 1.165) is 17.8 Å². The van der Waals surface area contributed by atoms with Crippen molar-refractivity contribution in [1.29, 1.82) is 0 Å². The highest BCUT2D eigenvalue weighted by molar-refractivity contribution is 7.99. The number of nitro groups is 1. The summed E-state index contributed by atoms with van der Waals surface area (Å²) < 4.78 is 10.9. The van der Waals surface area contributed by atoms with Crippen molar-refractivity contribution in [2.24, 2.45) is 7.05 Å². The molecule has 1 heterocycles. The Morgan fingerprint density at radius 3 is 2.18 bits per heavy atom. The number of carbonyl (C=O) groups is 3. The average molecular weight is 471 g/mol. The molecule has 3 rings (SSSR count). The zero-order valence-corrected chi connectivity index (χ0v) is 18.4. The van der Waals surface area contributed by atoms with E-state index in [4.69, 9.17) is 0 Å². The lowest BCUT2D eigenvalue weighted by molar-refractivity contribution is -0.387. The highest BCUT2D eigenvalue weighted by Gasteiger charge is 2.21. The van der Waals surface area contributed by atoms with Gasteiger partial charge in [-0.05, 0) is 42.1 Å². The molecular formula is C20H17N5O7S. The molecule has 0 spiro atoms. The Kier molecular flexibility index (Phi) is 7.03. The van der Waals surface area contributed by atoms with Gasteiger partial charge < -0.3 is 19.4 Å². The van der Waals surface area contributed by atoms with Crippen LogP contribution in [0.15, 0.2) is 52.8 Å². The van der Waals surface area contributed by atoms with Gasteiger partial charge in [-0.15, -0.1) is 10.2 Å². The van der Waals surface area contributed by atoms with Gasteiger partial charge in [0.25, 0.3) is 11.6 Å². The fraction of sp³-hybridized carbons (Fsp3) is 0.150. The summed E-state index contributed by atoms with van der Waals surface area (Å²) >= 11 is 1.03. The number of rotatable bonds is 7. The molecule has 13 heteroatoms. The number of nitrogens with zero attached hydrogens (tertiary/aromatic N) is 4. The Morgan fingerprint density at radius 1 is 1.03 bits per heavy atom. The molecule has 0 aliphatic rings. The number of aryl methyl sites for hydroxylation is 1.